The number of methoxy groups -OCH3 is 1. The standard InChI is InChI=1S/C21H29N5O3/c1-29-19-9-7-17(8-10-19)5-2-12-25-13-3-6-18(15-25)26-16-20(23-24-26)21(28)22-11-4-14-27/h2,5,7-10,16,18,27H,3-4,6,11-15H2,1H3,(H,22,28). The van der Waals surface area contributed by atoms with Crippen molar-refractivity contribution in [3.05, 3.63) is 47.8 Å². The van der Waals surface area contributed by atoms with E-state index in [4.69, 9.17) is 9.84 Å². The summed E-state index contributed by atoms with van der Waals surface area (Å²) in [6.45, 7) is 3.28. The smallest absolute Gasteiger partial charge is 0.273 e. The molecule has 2 N–H and O–H groups in total. The summed E-state index contributed by atoms with van der Waals surface area (Å²) in [5, 5.41) is 19.7. The van der Waals surface area contributed by atoms with E-state index in [2.05, 4.69) is 32.7 Å². The van der Waals surface area contributed by atoms with Crippen molar-refractivity contribution in [3.8, 4) is 5.75 Å². The van der Waals surface area contributed by atoms with Crippen LogP contribution in [-0.2, 0) is 0 Å². The molecule has 0 bridgehead atoms. The summed E-state index contributed by atoms with van der Waals surface area (Å²) in [6.07, 6.45) is 8.64. The second kappa shape index (κ2) is 10.7. The van der Waals surface area contributed by atoms with Gasteiger partial charge in [0.15, 0.2) is 5.69 Å². The normalized spacial score (nSPS) is 17.5. The second-order valence-electron chi connectivity index (χ2n) is 7.15. The molecule has 2 aromatic rings. The van der Waals surface area contributed by atoms with Crippen LogP contribution >= 0.6 is 0 Å². The number of rotatable bonds is 9. The van der Waals surface area contributed by atoms with Crippen molar-refractivity contribution in [2.45, 2.75) is 25.3 Å². The maximum absolute atomic E-state index is 12.1. The molecular formula is C21H29N5O3. The molecule has 8 nitrogen and oxygen atoms in total. The predicted octanol–water partition coefficient (Wildman–Crippen LogP) is 1.75. The number of hydrogen-bond donors (Lipinski definition) is 2. The summed E-state index contributed by atoms with van der Waals surface area (Å²) >= 11 is 0. The van der Waals surface area contributed by atoms with Crippen LogP contribution in [0.5, 0.6) is 5.75 Å². The molecule has 0 radical (unpaired) electrons. The first-order valence-corrected chi connectivity index (χ1v) is 10.0. The molecule has 1 saturated heterocycles. The number of amides is 1. The van der Waals surface area contributed by atoms with E-state index in [9.17, 15) is 4.79 Å². The highest BCUT2D eigenvalue weighted by molar-refractivity contribution is 5.91. The molecule has 29 heavy (non-hydrogen) atoms. The van der Waals surface area contributed by atoms with Crippen molar-refractivity contribution in [3.63, 3.8) is 0 Å². The van der Waals surface area contributed by atoms with Crippen molar-refractivity contribution >= 4 is 12.0 Å². The molecule has 1 atom stereocenters. The van der Waals surface area contributed by atoms with Gasteiger partial charge in [-0.1, -0.05) is 29.5 Å². The molecule has 1 fully saturated rings. The van der Waals surface area contributed by atoms with Gasteiger partial charge in [-0.2, -0.15) is 0 Å². The first-order chi connectivity index (χ1) is 14.2. The molecule has 1 aromatic carbocycles. The molecule has 1 amide bonds. The Labute approximate surface area is 171 Å². The average molecular weight is 399 g/mol. The number of aliphatic hydroxyl groups excluding tert-OH is 1. The number of aliphatic hydroxyl groups is 1. The van der Waals surface area contributed by atoms with E-state index in [0.717, 1.165) is 43.8 Å². The highest BCUT2D eigenvalue weighted by Gasteiger charge is 2.22. The highest BCUT2D eigenvalue weighted by atomic mass is 16.5. The number of benzene rings is 1. The number of aromatic nitrogens is 3. The fourth-order valence-electron chi connectivity index (χ4n) is 3.40. The van der Waals surface area contributed by atoms with Crippen molar-refractivity contribution in [1.82, 2.24) is 25.2 Å². The number of nitrogens with one attached hydrogen (secondary N) is 1. The fraction of sp³-hybridized carbons (Fsp3) is 0.476. The first-order valence-electron chi connectivity index (χ1n) is 10.0. The summed E-state index contributed by atoms with van der Waals surface area (Å²) in [4.78, 5) is 14.4. The minimum Gasteiger partial charge on any atom is -0.497 e. The van der Waals surface area contributed by atoms with Crippen molar-refractivity contribution in [2.75, 3.05) is 39.9 Å². The van der Waals surface area contributed by atoms with Crippen LogP contribution in [0.1, 0.15) is 41.4 Å². The SMILES string of the molecule is COc1ccc(C=CCN2CCCC(n3cc(C(=O)NCCCO)nn3)C2)cc1. The van der Waals surface area contributed by atoms with Crippen LogP contribution < -0.4 is 10.1 Å². The number of nitrogens with zero attached hydrogens (tertiary/aromatic N) is 4. The average Bonchev–Trinajstić information content (AvgIpc) is 3.25. The molecule has 156 valence electrons. The lowest BCUT2D eigenvalue weighted by atomic mass is 10.1. The molecular weight excluding hydrogens is 370 g/mol. The van der Waals surface area contributed by atoms with Crippen LogP contribution in [0, 0.1) is 0 Å². The number of hydrogen-bond acceptors (Lipinski definition) is 6. The molecule has 0 spiro atoms. The van der Waals surface area contributed by atoms with E-state index < -0.39 is 0 Å². The molecule has 3 rings (SSSR count). The Hall–Kier alpha value is -2.71. The maximum Gasteiger partial charge on any atom is 0.273 e. The maximum atomic E-state index is 12.1. The number of carbonyl (C=O) groups excluding carboxylic acids is 1. The Balaban J connectivity index is 1.51. The quantitative estimate of drug-likeness (QED) is 0.624. The van der Waals surface area contributed by atoms with Gasteiger partial charge in [-0.05, 0) is 43.5 Å². The molecule has 1 aliphatic rings. The van der Waals surface area contributed by atoms with E-state index in [1.165, 1.54) is 0 Å². The van der Waals surface area contributed by atoms with Crippen molar-refractivity contribution in [2.24, 2.45) is 0 Å². The van der Waals surface area contributed by atoms with Crippen LogP contribution in [0.2, 0.25) is 0 Å². The summed E-state index contributed by atoms with van der Waals surface area (Å²) in [6, 6.07) is 8.20. The van der Waals surface area contributed by atoms with Gasteiger partial charge in [-0.15, -0.1) is 5.10 Å². The first kappa shape index (κ1) is 21.0. The molecule has 0 aliphatic carbocycles. The summed E-state index contributed by atoms with van der Waals surface area (Å²) in [5.41, 5.74) is 1.46. The minimum atomic E-state index is -0.250. The Morgan fingerprint density at radius 1 is 1.38 bits per heavy atom. The lowest BCUT2D eigenvalue weighted by Gasteiger charge is -2.31. The van der Waals surface area contributed by atoms with Crippen LogP contribution in [0.25, 0.3) is 6.08 Å². The Morgan fingerprint density at radius 2 is 2.21 bits per heavy atom. The van der Waals surface area contributed by atoms with Crippen LogP contribution in [0.15, 0.2) is 36.5 Å². The Morgan fingerprint density at radius 3 is 2.97 bits per heavy atom. The lowest BCUT2D eigenvalue weighted by Crippen LogP contribution is -2.36. The van der Waals surface area contributed by atoms with Gasteiger partial charge in [0.25, 0.3) is 5.91 Å². The summed E-state index contributed by atoms with van der Waals surface area (Å²) < 4.78 is 6.99. The van der Waals surface area contributed by atoms with Gasteiger partial charge in [0, 0.05) is 26.2 Å². The monoisotopic (exact) mass is 399 g/mol. The second-order valence-corrected chi connectivity index (χ2v) is 7.15. The van der Waals surface area contributed by atoms with Crippen LogP contribution in [-0.4, -0.2) is 70.8 Å². The minimum absolute atomic E-state index is 0.0534. The fourth-order valence-corrected chi connectivity index (χ4v) is 3.40. The molecule has 8 heteroatoms. The number of ether oxygens (including phenoxy) is 1. The van der Waals surface area contributed by atoms with Crippen molar-refractivity contribution < 1.29 is 14.6 Å². The topological polar surface area (TPSA) is 92.5 Å². The summed E-state index contributed by atoms with van der Waals surface area (Å²) in [5.74, 6) is 0.607. The van der Waals surface area contributed by atoms with E-state index >= 15 is 0 Å². The largest absolute Gasteiger partial charge is 0.497 e. The molecule has 1 unspecified atom stereocenters. The molecule has 0 saturated carbocycles. The zero-order valence-corrected chi connectivity index (χ0v) is 16.8. The predicted molar refractivity (Wildman–Crippen MR) is 111 cm³/mol. The lowest BCUT2D eigenvalue weighted by molar-refractivity contribution is 0.0946. The number of carbonyl (C=O) groups is 1. The molecule has 1 aromatic heterocycles. The van der Waals surface area contributed by atoms with Crippen LogP contribution in [0.3, 0.4) is 0 Å². The Kier molecular flexibility index (Phi) is 7.77. The summed E-state index contributed by atoms with van der Waals surface area (Å²) in [7, 11) is 1.67. The highest BCUT2D eigenvalue weighted by Crippen LogP contribution is 2.21. The van der Waals surface area contributed by atoms with Gasteiger partial charge < -0.3 is 15.2 Å². The molecule has 2 heterocycles. The van der Waals surface area contributed by atoms with E-state index in [1.807, 2.05) is 24.3 Å². The van der Waals surface area contributed by atoms with Gasteiger partial charge in [0.05, 0.1) is 19.3 Å². The van der Waals surface area contributed by atoms with E-state index in [1.54, 1.807) is 18.0 Å². The third-order valence-corrected chi connectivity index (χ3v) is 5.01. The number of piperidine rings is 1. The van der Waals surface area contributed by atoms with Gasteiger partial charge in [-0.25, -0.2) is 4.68 Å². The zero-order valence-electron chi connectivity index (χ0n) is 16.8. The third kappa shape index (κ3) is 6.13. The third-order valence-electron chi connectivity index (χ3n) is 5.01. The van der Waals surface area contributed by atoms with E-state index in [0.29, 0.717) is 18.7 Å². The van der Waals surface area contributed by atoms with Gasteiger partial charge >= 0.3 is 0 Å². The zero-order chi connectivity index (χ0) is 20.5. The van der Waals surface area contributed by atoms with Gasteiger partial charge in [0.1, 0.15) is 5.75 Å². The van der Waals surface area contributed by atoms with Crippen molar-refractivity contribution in [1.29, 1.82) is 0 Å². The number of likely N-dealkylation sites (tertiary alicyclic amines) is 1. The Bertz CT molecular complexity index is 803. The van der Waals surface area contributed by atoms with Gasteiger partial charge in [-0.3, -0.25) is 9.69 Å². The van der Waals surface area contributed by atoms with Crippen LogP contribution in [0.4, 0.5) is 0 Å². The molecule has 1 aliphatic heterocycles. The van der Waals surface area contributed by atoms with E-state index in [-0.39, 0.29) is 18.6 Å². The van der Waals surface area contributed by atoms with Gasteiger partial charge in [0.2, 0.25) is 0 Å².